The van der Waals surface area contributed by atoms with Crippen LogP contribution in [0.5, 0.6) is 0 Å². The summed E-state index contributed by atoms with van der Waals surface area (Å²) < 4.78 is 23.0. The van der Waals surface area contributed by atoms with Crippen LogP contribution in [0.1, 0.15) is 76.0 Å². The molecule has 0 aliphatic heterocycles. The first kappa shape index (κ1) is 43.9. The Balaban J connectivity index is 0.000000262. The molecule has 0 aliphatic rings. The molecule has 1 radical (unpaired) electrons. The van der Waals surface area contributed by atoms with Gasteiger partial charge in [-0.3, -0.25) is 4.98 Å². The topological polar surface area (TPSA) is 43.9 Å². The van der Waals surface area contributed by atoms with Crippen molar-refractivity contribution in [3.8, 4) is 39.5 Å². The van der Waals surface area contributed by atoms with Crippen LogP contribution in [0, 0.1) is 17.9 Å². The van der Waals surface area contributed by atoms with E-state index >= 15 is 0 Å². The Kier molecular flexibility index (Phi) is 13.0. The molecular formula is C54H52FGeIrN3O-2. The van der Waals surface area contributed by atoms with Crippen molar-refractivity contribution in [2.45, 2.75) is 76.6 Å². The molecule has 0 spiro atoms. The maximum atomic E-state index is 12.8. The molecule has 0 fully saturated rings. The van der Waals surface area contributed by atoms with Crippen molar-refractivity contribution in [3.63, 3.8) is 0 Å². The summed E-state index contributed by atoms with van der Waals surface area (Å²) in [6.45, 7) is 13.8. The van der Waals surface area contributed by atoms with Gasteiger partial charge in [0.25, 0.3) is 0 Å². The molecule has 6 aromatic carbocycles. The molecule has 0 saturated carbocycles. The van der Waals surface area contributed by atoms with Crippen LogP contribution >= 0.6 is 0 Å². The first-order valence-electron chi connectivity index (χ1n) is 21.0. The maximum Gasteiger partial charge on any atom is 0 e. The Labute approximate surface area is 376 Å². The minimum absolute atomic E-state index is 0. The average Bonchev–Trinajstić information content (AvgIpc) is 3.82. The van der Waals surface area contributed by atoms with E-state index in [-0.39, 0.29) is 25.9 Å². The molecule has 0 atom stereocenters. The van der Waals surface area contributed by atoms with Crippen LogP contribution in [0.15, 0.2) is 138 Å². The number of nitrogens with zero attached hydrogens (tertiary/aromatic N) is 3. The fraction of sp³-hybridized carbons (Fsp3) is 0.222. The first-order chi connectivity index (χ1) is 28.8. The van der Waals surface area contributed by atoms with E-state index in [9.17, 15) is 4.39 Å². The molecule has 0 saturated heterocycles. The monoisotopic (exact) mass is 1040 g/mol. The van der Waals surface area contributed by atoms with Gasteiger partial charge in [-0.05, 0) is 69.0 Å². The Hall–Kier alpha value is -5.14. The quantitative estimate of drug-likeness (QED) is 0.113. The number of pyridine rings is 1. The minimum atomic E-state index is -1.79. The third kappa shape index (κ3) is 8.95. The molecule has 3 heterocycles. The van der Waals surface area contributed by atoms with Crippen LogP contribution in [0.25, 0.3) is 72.4 Å². The summed E-state index contributed by atoms with van der Waals surface area (Å²) in [5.74, 6) is 8.73. The van der Waals surface area contributed by atoms with Crippen molar-refractivity contribution in [1.82, 2.24) is 14.5 Å². The molecule has 0 unspecified atom stereocenters. The van der Waals surface area contributed by atoms with Crippen LogP contribution in [0.2, 0.25) is 17.3 Å². The van der Waals surface area contributed by atoms with Crippen molar-refractivity contribution in [3.05, 3.63) is 168 Å². The number of hydrogen-bond acceptors (Lipinski definition) is 3. The summed E-state index contributed by atoms with van der Waals surface area (Å²) in [7, 11) is 0. The van der Waals surface area contributed by atoms with Gasteiger partial charge in [-0.15, -0.1) is 11.6 Å². The van der Waals surface area contributed by atoms with Gasteiger partial charge in [-0.25, -0.2) is 0 Å². The number of para-hydroxylation sites is 3. The summed E-state index contributed by atoms with van der Waals surface area (Å²) in [6, 6.07) is 49.6. The van der Waals surface area contributed by atoms with Gasteiger partial charge in [0.1, 0.15) is 5.58 Å². The number of rotatable bonds is 8. The number of fused-ring (bicyclic) bond motifs is 4. The molecule has 61 heavy (non-hydrogen) atoms. The predicted octanol–water partition coefficient (Wildman–Crippen LogP) is 14.7. The number of furan rings is 1. The van der Waals surface area contributed by atoms with Gasteiger partial charge in [0.05, 0.1) is 22.4 Å². The molecule has 7 heteroatoms. The molecule has 0 aliphatic carbocycles. The van der Waals surface area contributed by atoms with Crippen molar-refractivity contribution in [2.75, 3.05) is 0 Å². The molecule has 9 rings (SSSR count). The molecular weight excluding hydrogens is 990 g/mol. The SMILES string of the molecule is CC(C)c1cc(C(C)C)c(-n2c(-c3[c-]c4oc5ccccc5c4c(-c4ccccc4)c3)nc3ccccc32)c(C(C)C)c1.[CH3][Ge]([CH3])([CH3])[c]1ccc(-c2[c-]cc(F)cc2)nc1.[Ir]. The number of imidazole rings is 1. The Morgan fingerprint density at radius 1 is 0.705 bits per heavy atom. The number of aromatic nitrogens is 3. The van der Waals surface area contributed by atoms with Gasteiger partial charge in [-0.2, -0.15) is 0 Å². The van der Waals surface area contributed by atoms with Gasteiger partial charge in [0, 0.05) is 25.8 Å². The van der Waals surface area contributed by atoms with E-state index in [2.05, 4.69) is 171 Å². The van der Waals surface area contributed by atoms with Crippen LogP contribution in [0.4, 0.5) is 4.39 Å². The standard InChI is InChI=1S/C40H37N2O.C14H15FGeN.Ir/c1-24(2)28-20-31(25(3)4)39(32(21-28)26(5)6)42-35-18-12-11-17-34(35)41-40(42)29-22-33(27-14-8-7-9-15-27)38-30-16-10-13-19-36(30)43-37(38)23-29;1-16(2,3)13-8-9-14(17-10-13)11-4-6-12(15)7-5-11;/h7-22,24-26H,1-6H3;4,6-10H,1-3H3;/q2*-1;. The van der Waals surface area contributed by atoms with Crippen molar-refractivity contribution >= 4 is 50.6 Å². The second-order valence-electron chi connectivity index (χ2n) is 17.6. The normalized spacial score (nSPS) is 11.8. The Morgan fingerprint density at radius 3 is 2.00 bits per heavy atom. The molecule has 0 N–H and O–H groups in total. The molecule has 4 nitrogen and oxygen atoms in total. The van der Waals surface area contributed by atoms with E-state index in [1.807, 2.05) is 24.4 Å². The first-order valence-corrected chi connectivity index (χ1v) is 28.4. The second kappa shape index (κ2) is 18.1. The largest absolute Gasteiger partial charge is 0 e. The summed E-state index contributed by atoms with van der Waals surface area (Å²) in [5.41, 5.74) is 13.8. The molecule has 0 amide bonds. The van der Waals surface area contributed by atoms with E-state index < -0.39 is 13.3 Å². The van der Waals surface area contributed by atoms with Crippen molar-refractivity contribution in [2.24, 2.45) is 0 Å². The summed E-state index contributed by atoms with van der Waals surface area (Å²) >= 11 is -1.79. The van der Waals surface area contributed by atoms with Crippen LogP contribution in [-0.2, 0) is 20.1 Å². The number of benzene rings is 6. The zero-order valence-corrected chi connectivity index (χ0v) is 40.9. The fourth-order valence-corrected chi connectivity index (χ4v) is 10.1. The Morgan fingerprint density at radius 2 is 1.38 bits per heavy atom. The van der Waals surface area contributed by atoms with Gasteiger partial charge < -0.3 is 8.98 Å². The zero-order chi connectivity index (χ0) is 42.3. The van der Waals surface area contributed by atoms with E-state index in [0.29, 0.717) is 17.8 Å². The third-order valence-electron chi connectivity index (χ3n) is 11.3. The third-order valence-corrected chi connectivity index (χ3v) is 15.5. The van der Waals surface area contributed by atoms with Gasteiger partial charge >= 0.3 is 104 Å². The molecule has 3 aromatic heterocycles. The van der Waals surface area contributed by atoms with Crippen molar-refractivity contribution < 1.29 is 28.9 Å². The maximum absolute atomic E-state index is 12.8. The van der Waals surface area contributed by atoms with Crippen LogP contribution in [0.3, 0.4) is 0 Å². The van der Waals surface area contributed by atoms with Crippen molar-refractivity contribution in [1.29, 1.82) is 0 Å². The molecule has 0 bridgehead atoms. The molecule has 9 aromatic rings. The van der Waals surface area contributed by atoms with E-state index in [0.717, 1.165) is 66.7 Å². The fourth-order valence-electron chi connectivity index (χ4n) is 7.91. The predicted molar refractivity (Wildman–Crippen MR) is 252 cm³/mol. The van der Waals surface area contributed by atoms with E-state index in [1.54, 1.807) is 6.07 Å². The van der Waals surface area contributed by atoms with E-state index in [4.69, 9.17) is 9.40 Å². The van der Waals surface area contributed by atoms with Crippen LogP contribution < -0.4 is 4.40 Å². The molecule has 311 valence electrons. The Bertz CT molecular complexity index is 2910. The number of hydrogen-bond donors (Lipinski definition) is 0. The van der Waals surface area contributed by atoms with Gasteiger partial charge in [-0.1, -0.05) is 126 Å². The van der Waals surface area contributed by atoms with Crippen LogP contribution in [-0.4, -0.2) is 27.8 Å². The second-order valence-corrected chi connectivity index (χ2v) is 28.3. The minimum Gasteiger partial charge on any atom is 0 e. The average molecular weight is 1040 g/mol. The number of halogens is 1. The summed E-state index contributed by atoms with van der Waals surface area (Å²) in [4.78, 5) is 9.74. The van der Waals surface area contributed by atoms with E-state index in [1.165, 1.54) is 38.9 Å². The van der Waals surface area contributed by atoms with Gasteiger partial charge in [0.2, 0.25) is 0 Å². The smallest absolute Gasteiger partial charge is 0 e. The zero-order valence-electron chi connectivity index (χ0n) is 36.4. The summed E-state index contributed by atoms with van der Waals surface area (Å²) in [6.07, 6.45) is 1.95. The van der Waals surface area contributed by atoms with Gasteiger partial charge in [0.15, 0.2) is 0 Å². The summed E-state index contributed by atoms with van der Waals surface area (Å²) in [5, 5.41) is 2.18.